The maximum absolute atomic E-state index is 12.2. The van der Waals surface area contributed by atoms with Crippen LogP contribution in [-0.2, 0) is 0 Å². The van der Waals surface area contributed by atoms with Crippen molar-refractivity contribution in [2.75, 3.05) is 12.4 Å². The summed E-state index contributed by atoms with van der Waals surface area (Å²) in [6, 6.07) is 21.4. The molecule has 140 valence electrons. The van der Waals surface area contributed by atoms with Gasteiger partial charge in [0.15, 0.2) is 0 Å². The Morgan fingerprint density at radius 3 is 2.26 bits per heavy atom. The summed E-state index contributed by atoms with van der Waals surface area (Å²) in [5.74, 6) is 0. The average Bonchev–Trinajstić information content (AvgIpc) is 2.70. The molecule has 1 aromatic heterocycles. The van der Waals surface area contributed by atoms with Crippen molar-refractivity contribution in [1.29, 1.82) is 0 Å². The van der Waals surface area contributed by atoms with Gasteiger partial charge in [0.1, 0.15) is 0 Å². The van der Waals surface area contributed by atoms with Gasteiger partial charge in [-0.05, 0) is 54.8 Å². The van der Waals surface area contributed by atoms with Gasteiger partial charge in [-0.3, -0.25) is 4.98 Å². The summed E-state index contributed by atoms with van der Waals surface area (Å²) in [6.45, 7) is 3.93. The molecule has 0 bridgehead atoms. The van der Waals surface area contributed by atoms with Gasteiger partial charge in [-0.25, -0.2) is 4.79 Å². The molecule has 1 unspecified atom stereocenters. The third kappa shape index (κ3) is 5.94. The highest BCUT2D eigenvalue weighted by Crippen LogP contribution is 2.21. The van der Waals surface area contributed by atoms with E-state index in [4.69, 9.17) is 5.11 Å². The number of hydrogen-bond acceptors (Lipinski definition) is 3. The average molecular weight is 363 g/mol. The number of nitrogens with one attached hydrogen (secondary N) is 2. The minimum Gasteiger partial charge on any atom is -0.400 e. The predicted molar refractivity (Wildman–Crippen MR) is 110 cm³/mol. The Labute approximate surface area is 160 Å². The van der Waals surface area contributed by atoms with E-state index in [1.807, 2.05) is 80.6 Å². The van der Waals surface area contributed by atoms with Gasteiger partial charge in [0.2, 0.25) is 0 Å². The van der Waals surface area contributed by atoms with Crippen LogP contribution in [0.25, 0.3) is 11.1 Å². The standard InChI is InChI=1S/C21H21N3O.CH4O/c1-15-14-19(12-13-22-15)18-8-10-20(11-9-18)24-21(25)23-16(2)17-6-4-3-5-7-17;1-2/h3-14,16H,1-2H3,(H2,23,24,25);2H,1H3. The molecule has 3 rings (SSSR count). The molecule has 1 atom stereocenters. The molecule has 0 saturated carbocycles. The van der Waals surface area contributed by atoms with Crippen LogP contribution in [0.15, 0.2) is 72.9 Å². The van der Waals surface area contributed by atoms with E-state index in [9.17, 15) is 4.79 Å². The van der Waals surface area contributed by atoms with Crippen LogP contribution in [-0.4, -0.2) is 23.2 Å². The quantitative estimate of drug-likeness (QED) is 0.637. The lowest BCUT2D eigenvalue weighted by atomic mass is 10.1. The minimum absolute atomic E-state index is 0.0553. The van der Waals surface area contributed by atoms with Gasteiger partial charge in [-0.1, -0.05) is 42.5 Å². The second kappa shape index (κ2) is 10.1. The van der Waals surface area contributed by atoms with E-state index in [1.165, 1.54) is 0 Å². The lowest BCUT2D eigenvalue weighted by Gasteiger charge is -2.15. The van der Waals surface area contributed by atoms with Crippen LogP contribution >= 0.6 is 0 Å². The summed E-state index contributed by atoms with van der Waals surface area (Å²) >= 11 is 0. The molecule has 0 aliphatic heterocycles. The number of aliphatic hydroxyl groups is 1. The first-order valence-electron chi connectivity index (χ1n) is 8.72. The van der Waals surface area contributed by atoms with E-state index in [0.29, 0.717) is 0 Å². The molecule has 2 aromatic carbocycles. The highest BCUT2D eigenvalue weighted by atomic mass is 16.2. The SMILES string of the molecule is CO.Cc1cc(-c2ccc(NC(=O)NC(C)c3ccccc3)cc2)ccn1. The highest BCUT2D eigenvalue weighted by Gasteiger charge is 2.09. The van der Waals surface area contributed by atoms with E-state index in [1.54, 1.807) is 6.20 Å². The first-order valence-corrected chi connectivity index (χ1v) is 8.72. The molecule has 0 saturated heterocycles. The van der Waals surface area contributed by atoms with Gasteiger partial charge in [0.25, 0.3) is 0 Å². The normalized spacial score (nSPS) is 11.0. The summed E-state index contributed by atoms with van der Waals surface area (Å²) in [5.41, 5.74) is 5.01. The molecule has 5 heteroatoms. The van der Waals surface area contributed by atoms with Crippen molar-refractivity contribution in [2.45, 2.75) is 19.9 Å². The molecule has 0 fully saturated rings. The molecule has 0 radical (unpaired) electrons. The number of anilines is 1. The smallest absolute Gasteiger partial charge is 0.319 e. The molecule has 0 spiro atoms. The Morgan fingerprint density at radius 2 is 1.63 bits per heavy atom. The van der Waals surface area contributed by atoms with Crippen molar-refractivity contribution in [3.63, 3.8) is 0 Å². The number of pyridine rings is 1. The topological polar surface area (TPSA) is 74.2 Å². The van der Waals surface area contributed by atoms with Crippen molar-refractivity contribution in [2.24, 2.45) is 0 Å². The Kier molecular flexibility index (Phi) is 7.52. The van der Waals surface area contributed by atoms with E-state index in [-0.39, 0.29) is 12.1 Å². The molecule has 3 aromatic rings. The number of carbonyl (C=O) groups excluding carboxylic acids is 1. The number of aromatic nitrogens is 1. The number of urea groups is 1. The monoisotopic (exact) mass is 363 g/mol. The number of rotatable bonds is 4. The molecule has 2 amide bonds. The van der Waals surface area contributed by atoms with Gasteiger partial charge in [-0.2, -0.15) is 0 Å². The van der Waals surface area contributed by atoms with Gasteiger partial charge in [0.05, 0.1) is 6.04 Å². The van der Waals surface area contributed by atoms with E-state index >= 15 is 0 Å². The number of aliphatic hydroxyl groups excluding tert-OH is 1. The lowest BCUT2D eigenvalue weighted by molar-refractivity contribution is 0.249. The van der Waals surface area contributed by atoms with Crippen LogP contribution in [0.4, 0.5) is 10.5 Å². The van der Waals surface area contributed by atoms with Crippen LogP contribution in [0.2, 0.25) is 0 Å². The maximum atomic E-state index is 12.2. The Hall–Kier alpha value is -3.18. The van der Waals surface area contributed by atoms with Crippen LogP contribution in [0.5, 0.6) is 0 Å². The molecule has 3 N–H and O–H groups in total. The fourth-order valence-corrected chi connectivity index (χ4v) is 2.66. The van der Waals surface area contributed by atoms with Crippen LogP contribution in [0, 0.1) is 6.92 Å². The summed E-state index contributed by atoms with van der Waals surface area (Å²) < 4.78 is 0. The zero-order valence-corrected chi connectivity index (χ0v) is 15.8. The van der Waals surface area contributed by atoms with Gasteiger partial charge in [-0.15, -0.1) is 0 Å². The third-order valence-electron chi connectivity index (χ3n) is 4.02. The molecule has 0 aliphatic rings. The first-order chi connectivity index (χ1) is 13.1. The maximum Gasteiger partial charge on any atom is 0.319 e. The summed E-state index contributed by atoms with van der Waals surface area (Å²) in [6.07, 6.45) is 1.80. The molecule has 5 nitrogen and oxygen atoms in total. The first kappa shape index (κ1) is 20.1. The molecule has 27 heavy (non-hydrogen) atoms. The van der Waals surface area contributed by atoms with E-state index in [2.05, 4.69) is 15.6 Å². The molecule has 0 aliphatic carbocycles. The fraction of sp³-hybridized carbons (Fsp3) is 0.182. The second-order valence-corrected chi connectivity index (χ2v) is 5.99. The van der Waals surface area contributed by atoms with Crippen LogP contribution < -0.4 is 10.6 Å². The highest BCUT2D eigenvalue weighted by molar-refractivity contribution is 5.89. The number of carbonyl (C=O) groups is 1. The van der Waals surface area contributed by atoms with Crippen LogP contribution in [0.1, 0.15) is 24.2 Å². The zero-order chi connectivity index (χ0) is 19.6. The fourth-order valence-electron chi connectivity index (χ4n) is 2.66. The van der Waals surface area contributed by atoms with Crippen LogP contribution in [0.3, 0.4) is 0 Å². The minimum atomic E-state index is -0.219. The van der Waals surface area contributed by atoms with Crippen molar-refractivity contribution in [3.05, 3.63) is 84.2 Å². The molecular weight excluding hydrogens is 338 g/mol. The Balaban J connectivity index is 0.00000126. The summed E-state index contributed by atoms with van der Waals surface area (Å²) in [5, 5.41) is 12.8. The van der Waals surface area contributed by atoms with Crippen molar-refractivity contribution >= 4 is 11.7 Å². The van der Waals surface area contributed by atoms with Gasteiger partial charge >= 0.3 is 6.03 Å². The largest absolute Gasteiger partial charge is 0.400 e. The number of nitrogens with zero attached hydrogens (tertiary/aromatic N) is 1. The van der Waals surface area contributed by atoms with Gasteiger partial charge in [0, 0.05) is 24.7 Å². The van der Waals surface area contributed by atoms with E-state index in [0.717, 1.165) is 35.2 Å². The van der Waals surface area contributed by atoms with Gasteiger partial charge < -0.3 is 15.7 Å². The van der Waals surface area contributed by atoms with Crippen molar-refractivity contribution in [1.82, 2.24) is 10.3 Å². The zero-order valence-electron chi connectivity index (χ0n) is 15.8. The second-order valence-electron chi connectivity index (χ2n) is 5.99. The number of aryl methyl sites for hydroxylation is 1. The van der Waals surface area contributed by atoms with Crippen molar-refractivity contribution in [3.8, 4) is 11.1 Å². The summed E-state index contributed by atoms with van der Waals surface area (Å²) in [7, 11) is 1.00. The van der Waals surface area contributed by atoms with E-state index < -0.39 is 0 Å². The van der Waals surface area contributed by atoms with Crippen molar-refractivity contribution < 1.29 is 9.90 Å². The lowest BCUT2D eigenvalue weighted by Crippen LogP contribution is -2.31. The Bertz CT molecular complexity index is 849. The predicted octanol–water partition coefficient (Wildman–Crippen LogP) is 4.55. The Morgan fingerprint density at radius 1 is 0.963 bits per heavy atom. The molecular formula is C22H25N3O2. The summed E-state index contributed by atoms with van der Waals surface area (Å²) in [4.78, 5) is 16.4. The number of amides is 2. The number of benzene rings is 2. The number of hydrogen-bond donors (Lipinski definition) is 3. The molecule has 1 heterocycles. The third-order valence-corrected chi connectivity index (χ3v) is 4.02.